The predicted octanol–water partition coefficient (Wildman–Crippen LogP) is 8.10. The number of pyridine rings is 3. The van der Waals surface area contributed by atoms with E-state index in [1.807, 2.05) is 11.3 Å². The van der Waals surface area contributed by atoms with Crippen LogP contribution in [-0.4, -0.2) is 0 Å². The Morgan fingerprint density at radius 3 is 1.98 bits per heavy atom. The molecule has 0 aliphatic carbocycles. The van der Waals surface area contributed by atoms with Crippen LogP contribution in [0.1, 0.15) is 22.3 Å². The van der Waals surface area contributed by atoms with Crippen LogP contribution in [0.2, 0.25) is 0 Å². The summed E-state index contributed by atoms with van der Waals surface area (Å²) in [6.07, 6.45) is 7.04. The third-order valence-electron chi connectivity index (χ3n) is 11.1. The van der Waals surface area contributed by atoms with Gasteiger partial charge in [-0.3, -0.25) is 0 Å². The highest BCUT2D eigenvalue weighted by atomic mass is 32.1. The molecule has 0 saturated carbocycles. The van der Waals surface area contributed by atoms with E-state index in [2.05, 4.69) is 173 Å². The molecular formula is C43H30N3S+3. The quantitative estimate of drug-likeness (QED) is 0.152. The SMILES string of the molecule is Cc1ccc2[n+](c1)CC1(c3cc4c(cc3-2)sc2ccccc24)[n+]2ccccc2-c2ccccc2C12c1ccccc1-c1cccc[n+]12. The molecule has 0 radical (unpaired) electrons. The lowest BCUT2D eigenvalue weighted by atomic mass is 9.59. The molecule has 0 amide bonds. The maximum Gasteiger partial charge on any atom is 0.325 e. The zero-order chi connectivity index (χ0) is 30.9. The fourth-order valence-electron chi connectivity index (χ4n) is 9.43. The van der Waals surface area contributed by atoms with Crippen molar-refractivity contribution in [1.82, 2.24) is 0 Å². The third-order valence-corrected chi connectivity index (χ3v) is 12.2. The maximum atomic E-state index is 2.64. The lowest BCUT2D eigenvalue weighted by Crippen LogP contribution is -2.83. The number of rotatable bonds is 0. The van der Waals surface area contributed by atoms with E-state index in [0.29, 0.717) is 0 Å². The van der Waals surface area contributed by atoms with Crippen LogP contribution in [0.5, 0.6) is 0 Å². The van der Waals surface area contributed by atoms with Gasteiger partial charge in [0.2, 0.25) is 23.6 Å². The van der Waals surface area contributed by atoms with Crippen molar-refractivity contribution in [3.05, 3.63) is 174 Å². The van der Waals surface area contributed by atoms with Crippen molar-refractivity contribution in [2.75, 3.05) is 0 Å². The summed E-state index contributed by atoms with van der Waals surface area (Å²) in [5, 5.41) is 2.66. The summed E-state index contributed by atoms with van der Waals surface area (Å²) < 4.78 is 10.5. The van der Waals surface area contributed by atoms with Gasteiger partial charge in [0.05, 0.1) is 22.3 Å². The van der Waals surface area contributed by atoms with Crippen LogP contribution in [0.3, 0.4) is 0 Å². The predicted molar refractivity (Wildman–Crippen MR) is 187 cm³/mol. The first-order valence-electron chi connectivity index (χ1n) is 16.4. The van der Waals surface area contributed by atoms with Gasteiger partial charge in [-0.25, -0.2) is 0 Å². The van der Waals surface area contributed by atoms with E-state index in [-0.39, 0.29) is 0 Å². The molecule has 4 aromatic carbocycles. The number of thiophene rings is 1. The van der Waals surface area contributed by atoms with Crippen LogP contribution in [0.25, 0.3) is 53.9 Å². The van der Waals surface area contributed by atoms with Gasteiger partial charge in [0.25, 0.3) is 5.54 Å². The average Bonchev–Trinajstić information content (AvgIpc) is 3.63. The Morgan fingerprint density at radius 2 is 1.19 bits per heavy atom. The highest BCUT2D eigenvalue weighted by molar-refractivity contribution is 7.25. The molecule has 0 fully saturated rings. The number of hydrogen-bond acceptors (Lipinski definition) is 1. The second-order valence-electron chi connectivity index (χ2n) is 13.3. The molecule has 2 spiro atoms. The highest BCUT2D eigenvalue weighted by Gasteiger charge is 2.79. The van der Waals surface area contributed by atoms with Crippen LogP contribution < -0.4 is 13.7 Å². The van der Waals surface area contributed by atoms with Gasteiger partial charge in [0.1, 0.15) is 0 Å². The van der Waals surface area contributed by atoms with Crippen LogP contribution in [0, 0.1) is 6.92 Å². The van der Waals surface area contributed by atoms with Crippen molar-refractivity contribution in [1.29, 1.82) is 0 Å². The Morgan fingerprint density at radius 1 is 0.532 bits per heavy atom. The molecule has 2 atom stereocenters. The van der Waals surface area contributed by atoms with Gasteiger partial charge in [-0.1, -0.05) is 54.6 Å². The van der Waals surface area contributed by atoms with Crippen LogP contribution in [0.15, 0.2) is 152 Å². The fraction of sp³-hybridized carbons (Fsp3) is 0.0930. The number of aryl methyl sites for hydroxylation is 1. The van der Waals surface area contributed by atoms with Crippen molar-refractivity contribution in [3.63, 3.8) is 0 Å². The molecular weight excluding hydrogens is 591 g/mol. The molecule has 0 saturated heterocycles. The lowest BCUT2D eigenvalue weighted by Gasteiger charge is -2.44. The van der Waals surface area contributed by atoms with E-state index in [0.717, 1.165) is 6.54 Å². The Balaban J connectivity index is 1.42. The number of hydrogen-bond donors (Lipinski definition) is 0. The molecule has 220 valence electrons. The Kier molecular flexibility index (Phi) is 4.85. The molecule has 3 aliphatic rings. The highest BCUT2D eigenvalue weighted by Crippen LogP contribution is 2.58. The van der Waals surface area contributed by atoms with E-state index in [4.69, 9.17) is 0 Å². The summed E-state index contributed by atoms with van der Waals surface area (Å²) in [4.78, 5) is 0. The molecule has 0 N–H and O–H groups in total. The zero-order valence-electron chi connectivity index (χ0n) is 25.9. The van der Waals surface area contributed by atoms with Crippen molar-refractivity contribution in [2.24, 2.45) is 0 Å². The van der Waals surface area contributed by atoms with E-state index < -0.39 is 11.1 Å². The van der Waals surface area contributed by atoms with E-state index >= 15 is 0 Å². The Hall–Kier alpha value is -5.45. The van der Waals surface area contributed by atoms with Crippen molar-refractivity contribution in [2.45, 2.75) is 24.5 Å². The number of benzene rings is 4. The lowest BCUT2D eigenvalue weighted by molar-refractivity contribution is -0.885. The zero-order valence-corrected chi connectivity index (χ0v) is 26.7. The van der Waals surface area contributed by atoms with Crippen LogP contribution in [-0.2, 0) is 17.6 Å². The first-order chi connectivity index (χ1) is 23.2. The summed E-state index contributed by atoms with van der Waals surface area (Å²) in [6.45, 7) is 2.99. The molecule has 0 bridgehead atoms. The molecule has 11 rings (SSSR count). The second kappa shape index (κ2) is 8.87. The molecule has 8 aromatic rings. The topological polar surface area (TPSA) is 11.6 Å². The van der Waals surface area contributed by atoms with Crippen molar-refractivity contribution < 1.29 is 13.7 Å². The minimum atomic E-state index is -0.585. The molecule has 47 heavy (non-hydrogen) atoms. The largest absolute Gasteiger partial charge is 0.325 e. The fourth-order valence-corrected chi connectivity index (χ4v) is 10.6. The summed E-state index contributed by atoms with van der Waals surface area (Å²) in [7, 11) is 0. The van der Waals surface area contributed by atoms with Crippen molar-refractivity contribution >= 4 is 31.5 Å². The van der Waals surface area contributed by atoms with E-state index in [1.54, 1.807) is 0 Å². The summed E-state index contributed by atoms with van der Waals surface area (Å²) in [5.41, 5.74) is 11.8. The first-order valence-corrected chi connectivity index (χ1v) is 17.2. The molecule has 4 heteroatoms. The van der Waals surface area contributed by atoms with Gasteiger partial charge in [-0.2, -0.15) is 13.7 Å². The van der Waals surface area contributed by atoms with E-state index in [9.17, 15) is 0 Å². The maximum absolute atomic E-state index is 2.64. The molecule has 3 aliphatic heterocycles. The molecule has 4 aromatic heterocycles. The summed E-state index contributed by atoms with van der Waals surface area (Å²) in [6, 6.07) is 50.3. The summed E-state index contributed by atoms with van der Waals surface area (Å²) in [5.74, 6) is 0. The van der Waals surface area contributed by atoms with Gasteiger partial charge in [0, 0.05) is 67.2 Å². The van der Waals surface area contributed by atoms with E-state index in [1.165, 1.54) is 76.2 Å². The van der Waals surface area contributed by atoms with Gasteiger partial charge in [-0.15, -0.1) is 11.3 Å². The smallest absolute Gasteiger partial charge is 0.190 e. The monoisotopic (exact) mass is 620 g/mol. The minimum Gasteiger partial charge on any atom is -0.190 e. The minimum absolute atomic E-state index is 0.566. The van der Waals surface area contributed by atoms with Gasteiger partial charge in [0.15, 0.2) is 18.6 Å². The number of nitrogens with zero attached hydrogens (tertiary/aromatic N) is 3. The van der Waals surface area contributed by atoms with Crippen LogP contribution in [0.4, 0.5) is 0 Å². The van der Waals surface area contributed by atoms with Gasteiger partial charge in [-0.05, 0) is 55.5 Å². The molecule has 2 unspecified atom stereocenters. The standard InChI is InChI=1S/C43H30N3S/c1-28-20-21-37-33-25-41-32(29-12-4-7-19-40(29)47-41)24-36(33)42(27-44(37)26-28)43(34-15-5-2-13-30(34)38-17-8-10-22-45(38)42)35-16-6-3-14-31(35)39-18-9-11-23-46(39)43/h2-26H,27H2,1H3/q+3. The van der Waals surface area contributed by atoms with Gasteiger partial charge < -0.3 is 0 Å². The number of aromatic nitrogens is 3. The summed E-state index contributed by atoms with van der Waals surface area (Å²) >= 11 is 1.90. The average molecular weight is 621 g/mol. The first kappa shape index (κ1) is 25.7. The number of fused-ring (bicyclic) bond motifs is 18. The Bertz CT molecular complexity index is 2600. The van der Waals surface area contributed by atoms with Gasteiger partial charge >= 0.3 is 5.54 Å². The normalized spacial score (nSPS) is 19.7. The second-order valence-corrected chi connectivity index (χ2v) is 14.4. The third kappa shape index (κ3) is 2.97. The molecule has 3 nitrogen and oxygen atoms in total. The van der Waals surface area contributed by atoms with Crippen LogP contribution >= 0.6 is 11.3 Å². The molecule has 7 heterocycles. The Labute approximate surface area is 276 Å². The van der Waals surface area contributed by atoms with Crippen molar-refractivity contribution in [3.8, 4) is 33.8 Å².